The van der Waals surface area contributed by atoms with Crippen LogP contribution in [0.4, 0.5) is 28.4 Å². The van der Waals surface area contributed by atoms with Crippen LogP contribution in [0.3, 0.4) is 0 Å². The van der Waals surface area contributed by atoms with Crippen LogP contribution in [0.15, 0.2) is 35.7 Å². The number of alkyl halides is 3. The zero-order chi connectivity index (χ0) is 22.7. The van der Waals surface area contributed by atoms with Gasteiger partial charge in [-0.1, -0.05) is 32.9 Å². The van der Waals surface area contributed by atoms with Gasteiger partial charge in [0, 0.05) is 18.4 Å². The van der Waals surface area contributed by atoms with Crippen LogP contribution < -0.4 is 10.2 Å². The minimum Gasteiger partial charge on any atom is -0.340 e. The topological polar surface area (TPSA) is 62.3 Å². The molecule has 0 radical (unpaired) electrons. The standard InChI is InChI=1S/C20H21F4N3O2S/c1-12(28)27(15-8-6-5-7-14(15)21)18-25-13(11-30-18)9-10-16(29)26-17(19(2,3)4)20(22,23)24/h5-11,17H,1-4H3,(H,26,29)/b10-9-/t17-/m0/s1. The number of nitrogens with zero attached hydrogens (tertiary/aromatic N) is 2. The molecule has 1 N–H and O–H groups in total. The lowest BCUT2D eigenvalue weighted by molar-refractivity contribution is -0.179. The van der Waals surface area contributed by atoms with Crippen molar-refractivity contribution in [2.24, 2.45) is 5.41 Å². The zero-order valence-electron chi connectivity index (χ0n) is 16.7. The molecule has 30 heavy (non-hydrogen) atoms. The Hall–Kier alpha value is -2.75. The van der Waals surface area contributed by atoms with Gasteiger partial charge in [-0.05, 0) is 23.6 Å². The van der Waals surface area contributed by atoms with Crippen molar-refractivity contribution >= 4 is 40.0 Å². The molecule has 0 aliphatic carbocycles. The van der Waals surface area contributed by atoms with Crippen LogP contribution in [0, 0.1) is 11.2 Å². The molecule has 0 saturated carbocycles. The number of carbonyl (C=O) groups is 2. The Morgan fingerprint density at radius 1 is 1.20 bits per heavy atom. The number of para-hydroxylation sites is 1. The molecule has 0 aliphatic heterocycles. The maximum Gasteiger partial charge on any atom is 0.409 e. The molecular formula is C20H21F4N3O2S. The van der Waals surface area contributed by atoms with Gasteiger partial charge in [0.25, 0.3) is 0 Å². The third-order valence-electron chi connectivity index (χ3n) is 3.99. The molecule has 10 heteroatoms. The molecule has 0 saturated heterocycles. The minimum absolute atomic E-state index is 0.0193. The van der Waals surface area contributed by atoms with Gasteiger partial charge < -0.3 is 5.32 Å². The van der Waals surface area contributed by atoms with E-state index in [1.807, 2.05) is 5.32 Å². The highest BCUT2D eigenvalue weighted by atomic mass is 32.1. The highest BCUT2D eigenvalue weighted by molar-refractivity contribution is 7.14. The smallest absolute Gasteiger partial charge is 0.340 e. The third-order valence-corrected chi connectivity index (χ3v) is 4.84. The second-order valence-corrected chi connectivity index (χ2v) is 8.38. The summed E-state index contributed by atoms with van der Waals surface area (Å²) in [6.45, 7) is 5.38. The number of amides is 2. The molecule has 0 aliphatic rings. The lowest BCUT2D eigenvalue weighted by Gasteiger charge is -2.32. The maximum atomic E-state index is 14.1. The van der Waals surface area contributed by atoms with Gasteiger partial charge in [-0.25, -0.2) is 9.37 Å². The molecule has 1 heterocycles. The fourth-order valence-electron chi connectivity index (χ4n) is 2.64. The summed E-state index contributed by atoms with van der Waals surface area (Å²) in [4.78, 5) is 29.3. The van der Waals surface area contributed by atoms with E-state index in [-0.39, 0.29) is 16.5 Å². The highest BCUT2D eigenvalue weighted by Crippen LogP contribution is 2.33. The molecule has 2 aromatic rings. The van der Waals surface area contributed by atoms with E-state index < -0.39 is 35.3 Å². The number of benzene rings is 1. The Bertz CT molecular complexity index is 934. The Morgan fingerprint density at radius 3 is 2.37 bits per heavy atom. The Labute approximate surface area is 175 Å². The van der Waals surface area contributed by atoms with Crippen LogP contribution in [-0.2, 0) is 9.59 Å². The SMILES string of the molecule is CC(=O)N(c1nc(/C=C\C(=O)N[C@@H](C(C)(C)C)C(F)(F)F)cs1)c1ccccc1F. The summed E-state index contributed by atoms with van der Waals surface area (Å²) in [7, 11) is 0. The van der Waals surface area contributed by atoms with Crippen molar-refractivity contribution in [1.29, 1.82) is 0 Å². The summed E-state index contributed by atoms with van der Waals surface area (Å²) in [6.07, 6.45) is -2.44. The molecule has 1 aromatic carbocycles. The first kappa shape index (κ1) is 23.5. The van der Waals surface area contributed by atoms with Gasteiger partial charge in [0.2, 0.25) is 11.8 Å². The molecule has 2 rings (SSSR count). The van der Waals surface area contributed by atoms with Gasteiger partial charge in [-0.15, -0.1) is 11.3 Å². The third kappa shape index (κ3) is 5.88. The fraction of sp³-hybridized carbons (Fsp3) is 0.350. The van der Waals surface area contributed by atoms with Crippen molar-refractivity contribution in [3.63, 3.8) is 0 Å². The highest BCUT2D eigenvalue weighted by Gasteiger charge is 2.47. The molecular weight excluding hydrogens is 422 g/mol. The predicted octanol–water partition coefficient (Wildman–Crippen LogP) is 5.07. The number of hydrogen-bond donors (Lipinski definition) is 1. The molecule has 0 unspecified atom stereocenters. The van der Waals surface area contributed by atoms with E-state index in [1.165, 1.54) is 57.4 Å². The number of aromatic nitrogens is 1. The van der Waals surface area contributed by atoms with Gasteiger partial charge >= 0.3 is 6.18 Å². The van der Waals surface area contributed by atoms with Crippen LogP contribution in [0.5, 0.6) is 0 Å². The number of carbonyl (C=O) groups excluding carboxylic acids is 2. The van der Waals surface area contributed by atoms with Crippen molar-refractivity contribution < 1.29 is 27.2 Å². The first-order valence-corrected chi connectivity index (χ1v) is 9.74. The van der Waals surface area contributed by atoms with Crippen LogP contribution >= 0.6 is 11.3 Å². The molecule has 1 aromatic heterocycles. The lowest BCUT2D eigenvalue weighted by Crippen LogP contribution is -2.52. The quantitative estimate of drug-likeness (QED) is 0.518. The number of nitrogens with one attached hydrogen (secondary N) is 1. The van der Waals surface area contributed by atoms with Crippen LogP contribution in [0.1, 0.15) is 33.4 Å². The minimum atomic E-state index is -4.60. The van der Waals surface area contributed by atoms with Crippen molar-refractivity contribution in [2.75, 3.05) is 4.90 Å². The largest absolute Gasteiger partial charge is 0.409 e. The number of halogens is 4. The molecule has 162 valence electrons. The van der Waals surface area contributed by atoms with Gasteiger partial charge in [0.15, 0.2) is 5.13 Å². The molecule has 0 fully saturated rings. The summed E-state index contributed by atoms with van der Waals surface area (Å²) in [5, 5.41) is 3.62. The predicted molar refractivity (Wildman–Crippen MR) is 108 cm³/mol. The molecule has 2 amide bonds. The Morgan fingerprint density at radius 2 is 1.83 bits per heavy atom. The van der Waals surface area contributed by atoms with E-state index in [0.717, 1.165) is 22.3 Å². The zero-order valence-corrected chi connectivity index (χ0v) is 17.6. The average Bonchev–Trinajstić information content (AvgIpc) is 3.06. The van der Waals surface area contributed by atoms with Crippen LogP contribution in [-0.4, -0.2) is 29.0 Å². The average molecular weight is 443 g/mol. The van der Waals surface area contributed by atoms with Gasteiger partial charge in [0.05, 0.1) is 11.4 Å². The van der Waals surface area contributed by atoms with Gasteiger partial charge in [-0.3, -0.25) is 14.5 Å². The second kappa shape index (κ2) is 8.95. The van der Waals surface area contributed by atoms with E-state index in [0.29, 0.717) is 0 Å². The molecule has 0 spiro atoms. The van der Waals surface area contributed by atoms with Crippen molar-refractivity contribution in [3.8, 4) is 0 Å². The summed E-state index contributed by atoms with van der Waals surface area (Å²) in [5.74, 6) is -2.01. The van der Waals surface area contributed by atoms with Gasteiger partial charge in [-0.2, -0.15) is 13.2 Å². The normalized spacial score (nSPS) is 13.3. The first-order chi connectivity index (χ1) is 13.8. The van der Waals surface area contributed by atoms with Crippen molar-refractivity contribution in [1.82, 2.24) is 10.3 Å². The maximum absolute atomic E-state index is 14.1. The fourth-order valence-corrected chi connectivity index (χ4v) is 3.48. The van der Waals surface area contributed by atoms with Crippen molar-refractivity contribution in [2.45, 2.75) is 39.9 Å². The summed E-state index contributed by atoms with van der Waals surface area (Å²) < 4.78 is 53.6. The Kier molecular flexibility index (Phi) is 7.02. The number of rotatable bonds is 5. The van der Waals surface area contributed by atoms with Gasteiger partial charge in [0.1, 0.15) is 11.9 Å². The molecule has 0 bridgehead atoms. The number of hydrogen-bond acceptors (Lipinski definition) is 4. The van der Waals surface area contributed by atoms with Crippen molar-refractivity contribution in [3.05, 3.63) is 47.2 Å². The van der Waals surface area contributed by atoms with E-state index in [1.54, 1.807) is 6.07 Å². The van der Waals surface area contributed by atoms with E-state index in [9.17, 15) is 27.2 Å². The summed E-state index contributed by atoms with van der Waals surface area (Å²) in [5.41, 5.74) is -0.963. The van der Waals surface area contributed by atoms with Crippen LogP contribution in [0.25, 0.3) is 6.08 Å². The van der Waals surface area contributed by atoms with E-state index in [4.69, 9.17) is 0 Å². The number of anilines is 2. The molecule has 5 nitrogen and oxygen atoms in total. The van der Waals surface area contributed by atoms with E-state index in [2.05, 4.69) is 4.98 Å². The van der Waals surface area contributed by atoms with E-state index >= 15 is 0 Å². The summed E-state index contributed by atoms with van der Waals surface area (Å²) >= 11 is 1.03. The second-order valence-electron chi connectivity index (χ2n) is 7.54. The van der Waals surface area contributed by atoms with Crippen LogP contribution in [0.2, 0.25) is 0 Å². The number of thiazole rings is 1. The molecule has 1 atom stereocenters. The Balaban J connectivity index is 2.20. The first-order valence-electron chi connectivity index (χ1n) is 8.86. The monoisotopic (exact) mass is 443 g/mol. The summed E-state index contributed by atoms with van der Waals surface area (Å²) in [6, 6.07) is 3.65. The lowest BCUT2D eigenvalue weighted by atomic mass is 9.86.